The van der Waals surface area contributed by atoms with Gasteiger partial charge in [-0.05, 0) is 44.6 Å². The van der Waals surface area contributed by atoms with Gasteiger partial charge in [0.15, 0.2) is 5.96 Å². The summed E-state index contributed by atoms with van der Waals surface area (Å²) in [6, 6.07) is 8.45. The first-order valence-corrected chi connectivity index (χ1v) is 11.5. The van der Waals surface area contributed by atoms with E-state index in [1.807, 2.05) is 6.07 Å². The third-order valence-corrected chi connectivity index (χ3v) is 6.77. The Morgan fingerprint density at radius 1 is 1.23 bits per heavy atom. The third kappa shape index (κ3) is 6.49. The van der Waals surface area contributed by atoms with Crippen LogP contribution < -0.4 is 15.4 Å². The molecule has 1 aliphatic heterocycles. The Labute approximate surface area is 204 Å². The number of guanidine groups is 1. The molecule has 6 nitrogen and oxygen atoms in total. The summed E-state index contributed by atoms with van der Waals surface area (Å²) in [4.78, 5) is 19.2. The van der Waals surface area contributed by atoms with E-state index in [0.29, 0.717) is 12.3 Å². The number of methoxy groups -OCH3 is 1. The van der Waals surface area contributed by atoms with Gasteiger partial charge in [0.25, 0.3) is 0 Å². The van der Waals surface area contributed by atoms with E-state index in [-0.39, 0.29) is 35.3 Å². The van der Waals surface area contributed by atoms with Crippen molar-refractivity contribution in [1.29, 1.82) is 0 Å². The molecule has 0 unspecified atom stereocenters. The summed E-state index contributed by atoms with van der Waals surface area (Å²) in [7, 11) is 3.48. The second-order valence-corrected chi connectivity index (χ2v) is 8.67. The zero-order valence-corrected chi connectivity index (χ0v) is 21.6. The van der Waals surface area contributed by atoms with Crippen molar-refractivity contribution in [3.63, 3.8) is 0 Å². The molecule has 1 aromatic carbocycles. The maximum absolute atomic E-state index is 11.7. The molecule has 7 heteroatoms. The number of benzene rings is 1. The fourth-order valence-corrected chi connectivity index (χ4v) is 5.01. The number of nitrogens with one attached hydrogen (secondary N) is 2. The SMILES string of the molecule is CCNC(=NCC1(c2ccccc2OC)CCCC1)N1CCC(CC(=O)NC)CC1.I. The molecule has 1 heterocycles. The number of halogens is 1. The lowest BCUT2D eigenvalue weighted by atomic mass is 9.78. The highest BCUT2D eigenvalue weighted by Gasteiger charge is 2.38. The molecule has 1 amide bonds. The molecule has 1 saturated carbocycles. The van der Waals surface area contributed by atoms with Crippen molar-refractivity contribution in [3.05, 3.63) is 29.8 Å². The van der Waals surface area contributed by atoms with Crippen LogP contribution in [0.5, 0.6) is 5.75 Å². The van der Waals surface area contributed by atoms with E-state index in [4.69, 9.17) is 9.73 Å². The number of rotatable bonds is 7. The van der Waals surface area contributed by atoms with Crippen LogP contribution in [0.2, 0.25) is 0 Å². The highest BCUT2D eigenvalue weighted by Crippen LogP contribution is 2.45. The zero-order valence-electron chi connectivity index (χ0n) is 19.3. The molecular weight excluding hydrogens is 503 g/mol. The standard InChI is InChI=1S/C24H38N4O2.HI/c1-4-26-23(28-15-11-19(12-16-28)17-22(29)25-2)27-18-24(13-7-8-14-24)20-9-5-6-10-21(20)30-3;/h5-6,9-10,19H,4,7-8,11-18H2,1-3H3,(H,25,29)(H,26,27);1H. The normalized spacial score (nSPS) is 18.9. The van der Waals surface area contributed by atoms with Crippen molar-refractivity contribution in [3.8, 4) is 5.75 Å². The van der Waals surface area contributed by atoms with Gasteiger partial charge in [-0.1, -0.05) is 31.0 Å². The Kier molecular flexibility index (Phi) is 10.4. The molecule has 2 fully saturated rings. The zero-order chi connectivity index (χ0) is 21.4. The number of carbonyl (C=O) groups excluding carboxylic acids is 1. The van der Waals surface area contributed by atoms with Crippen LogP contribution in [0.4, 0.5) is 0 Å². The molecule has 0 atom stereocenters. The predicted octanol–water partition coefficient (Wildman–Crippen LogP) is 3.94. The lowest BCUT2D eigenvalue weighted by molar-refractivity contribution is -0.121. The van der Waals surface area contributed by atoms with E-state index in [2.05, 4.69) is 40.7 Å². The van der Waals surface area contributed by atoms with E-state index in [1.54, 1.807) is 14.2 Å². The van der Waals surface area contributed by atoms with E-state index in [0.717, 1.165) is 63.6 Å². The van der Waals surface area contributed by atoms with Crippen LogP contribution in [0.15, 0.2) is 29.3 Å². The van der Waals surface area contributed by atoms with Crippen molar-refractivity contribution >= 4 is 35.8 Å². The van der Waals surface area contributed by atoms with Crippen molar-refractivity contribution < 1.29 is 9.53 Å². The molecule has 2 N–H and O–H groups in total. The Morgan fingerprint density at radius 3 is 2.52 bits per heavy atom. The summed E-state index contributed by atoms with van der Waals surface area (Å²) in [5, 5.41) is 6.25. The molecule has 3 rings (SSSR count). The van der Waals surface area contributed by atoms with Gasteiger partial charge < -0.3 is 20.3 Å². The molecule has 2 aliphatic rings. The Morgan fingerprint density at radius 2 is 1.90 bits per heavy atom. The molecule has 0 aromatic heterocycles. The lowest BCUT2D eigenvalue weighted by Crippen LogP contribution is -2.46. The molecule has 31 heavy (non-hydrogen) atoms. The molecule has 1 aromatic rings. The van der Waals surface area contributed by atoms with Crippen molar-refractivity contribution in [2.24, 2.45) is 10.9 Å². The number of hydrogen-bond acceptors (Lipinski definition) is 3. The first kappa shape index (κ1) is 25.7. The molecule has 0 bridgehead atoms. The van der Waals surface area contributed by atoms with Crippen molar-refractivity contribution in [2.45, 2.75) is 57.3 Å². The summed E-state index contributed by atoms with van der Waals surface area (Å²) in [6.45, 7) is 5.68. The van der Waals surface area contributed by atoms with Crippen LogP contribution >= 0.6 is 24.0 Å². The number of piperidine rings is 1. The number of carbonyl (C=O) groups is 1. The Bertz CT molecular complexity index is 726. The van der Waals surface area contributed by atoms with Gasteiger partial charge in [0.05, 0.1) is 13.7 Å². The van der Waals surface area contributed by atoms with Crippen LogP contribution in [0, 0.1) is 5.92 Å². The third-order valence-electron chi connectivity index (χ3n) is 6.77. The topological polar surface area (TPSA) is 66.0 Å². The van der Waals surface area contributed by atoms with Crippen LogP contribution in [0.3, 0.4) is 0 Å². The maximum atomic E-state index is 11.7. The highest BCUT2D eigenvalue weighted by atomic mass is 127. The summed E-state index contributed by atoms with van der Waals surface area (Å²) < 4.78 is 5.70. The molecular formula is C24H39IN4O2. The second kappa shape index (κ2) is 12.5. The predicted molar refractivity (Wildman–Crippen MR) is 138 cm³/mol. The van der Waals surface area contributed by atoms with Crippen LogP contribution in [-0.2, 0) is 10.2 Å². The van der Waals surface area contributed by atoms with E-state index in [1.165, 1.54) is 18.4 Å². The number of amides is 1. The van der Waals surface area contributed by atoms with Crippen LogP contribution in [-0.4, -0.2) is 57.1 Å². The molecule has 0 radical (unpaired) electrons. The molecule has 1 saturated heterocycles. The van der Waals surface area contributed by atoms with Gasteiger partial charge in [0.1, 0.15) is 5.75 Å². The van der Waals surface area contributed by atoms with Gasteiger partial charge in [-0.25, -0.2) is 0 Å². The summed E-state index contributed by atoms with van der Waals surface area (Å²) in [5.74, 6) is 2.61. The average molecular weight is 543 g/mol. The number of likely N-dealkylation sites (tertiary alicyclic amines) is 1. The smallest absolute Gasteiger partial charge is 0.220 e. The van der Waals surface area contributed by atoms with E-state index >= 15 is 0 Å². The van der Waals surface area contributed by atoms with Gasteiger partial charge in [0, 0.05) is 44.1 Å². The molecule has 174 valence electrons. The minimum Gasteiger partial charge on any atom is -0.496 e. The van der Waals surface area contributed by atoms with E-state index < -0.39 is 0 Å². The van der Waals surface area contributed by atoms with Crippen LogP contribution in [0.25, 0.3) is 0 Å². The monoisotopic (exact) mass is 542 g/mol. The van der Waals surface area contributed by atoms with Gasteiger partial charge in [-0.2, -0.15) is 0 Å². The van der Waals surface area contributed by atoms with Crippen molar-refractivity contribution in [1.82, 2.24) is 15.5 Å². The Balaban J connectivity index is 0.00000341. The summed E-state index contributed by atoms with van der Waals surface area (Å²) in [6.07, 6.45) is 7.51. The fourth-order valence-electron chi connectivity index (χ4n) is 5.01. The number of hydrogen-bond donors (Lipinski definition) is 2. The second-order valence-electron chi connectivity index (χ2n) is 8.67. The Hall–Kier alpha value is -1.51. The molecule has 0 spiro atoms. The number of para-hydroxylation sites is 1. The number of ether oxygens (including phenoxy) is 1. The van der Waals surface area contributed by atoms with Gasteiger partial charge in [-0.15, -0.1) is 24.0 Å². The summed E-state index contributed by atoms with van der Waals surface area (Å²) in [5.41, 5.74) is 1.36. The van der Waals surface area contributed by atoms with Crippen LogP contribution in [0.1, 0.15) is 57.4 Å². The maximum Gasteiger partial charge on any atom is 0.220 e. The lowest BCUT2D eigenvalue weighted by Gasteiger charge is -2.35. The first-order chi connectivity index (χ1) is 14.6. The number of nitrogens with zero attached hydrogens (tertiary/aromatic N) is 2. The molecule has 1 aliphatic carbocycles. The summed E-state index contributed by atoms with van der Waals surface area (Å²) >= 11 is 0. The fraction of sp³-hybridized carbons (Fsp3) is 0.667. The highest BCUT2D eigenvalue weighted by molar-refractivity contribution is 14.0. The first-order valence-electron chi connectivity index (χ1n) is 11.5. The largest absolute Gasteiger partial charge is 0.496 e. The van der Waals surface area contributed by atoms with E-state index in [9.17, 15) is 4.79 Å². The number of aliphatic imine (C=N–C) groups is 1. The van der Waals surface area contributed by atoms with Gasteiger partial charge >= 0.3 is 0 Å². The van der Waals surface area contributed by atoms with Gasteiger partial charge in [-0.3, -0.25) is 9.79 Å². The average Bonchev–Trinajstić information content (AvgIpc) is 3.27. The minimum atomic E-state index is 0. The minimum absolute atomic E-state index is 0. The van der Waals surface area contributed by atoms with Crippen molar-refractivity contribution in [2.75, 3.05) is 40.3 Å². The quantitative estimate of drug-likeness (QED) is 0.311. The van der Waals surface area contributed by atoms with Gasteiger partial charge in [0.2, 0.25) is 5.91 Å².